The molecule has 0 aromatic rings. The van der Waals surface area contributed by atoms with Crippen molar-refractivity contribution in [1.29, 1.82) is 0 Å². The van der Waals surface area contributed by atoms with E-state index in [0.29, 0.717) is 0 Å². The van der Waals surface area contributed by atoms with E-state index in [2.05, 4.69) is 153 Å². The van der Waals surface area contributed by atoms with Crippen LogP contribution in [0.25, 0.3) is 0 Å². The van der Waals surface area contributed by atoms with Gasteiger partial charge in [-0.1, -0.05) is 138 Å². The van der Waals surface area contributed by atoms with Gasteiger partial charge in [0.05, 0.1) is 0 Å². The third-order valence-electron chi connectivity index (χ3n) is 4.35. The molecule has 0 unspecified atom stereocenters. The molecular formula is C31H42. The summed E-state index contributed by atoms with van der Waals surface area (Å²) in [6.45, 7) is 17.0. The van der Waals surface area contributed by atoms with E-state index in [1.807, 2.05) is 0 Å². The SMILES string of the molecule is CC/C(C)=C/C=C/C(C)=C/C=C/C(C)=C/C=C/C=C(C)/C=C/C=C(C)/C=C/C=C(C)C. The van der Waals surface area contributed by atoms with E-state index < -0.39 is 0 Å². The number of allylic oxidation sites excluding steroid dienone is 22. The van der Waals surface area contributed by atoms with Crippen molar-refractivity contribution in [1.82, 2.24) is 0 Å². The Labute approximate surface area is 192 Å². The molecule has 0 rings (SSSR count). The van der Waals surface area contributed by atoms with Crippen molar-refractivity contribution < 1.29 is 0 Å². The van der Waals surface area contributed by atoms with E-state index in [-0.39, 0.29) is 0 Å². The summed E-state index contributed by atoms with van der Waals surface area (Å²) in [5, 5.41) is 0. The second-order valence-electron chi connectivity index (χ2n) is 8.07. The Morgan fingerprint density at radius 3 is 1.10 bits per heavy atom. The highest BCUT2D eigenvalue weighted by atomic mass is 13.9. The minimum atomic E-state index is 1.10. The van der Waals surface area contributed by atoms with Crippen LogP contribution in [0.4, 0.5) is 0 Å². The quantitative estimate of drug-likeness (QED) is 0.295. The predicted molar refractivity (Wildman–Crippen MR) is 144 cm³/mol. The molecule has 0 aromatic heterocycles. The molecular weight excluding hydrogens is 372 g/mol. The average Bonchev–Trinajstić information content (AvgIpc) is 2.70. The highest BCUT2D eigenvalue weighted by Crippen LogP contribution is 2.04. The minimum Gasteiger partial charge on any atom is -0.0764 e. The van der Waals surface area contributed by atoms with E-state index in [9.17, 15) is 0 Å². The topological polar surface area (TPSA) is 0 Å². The van der Waals surface area contributed by atoms with E-state index in [1.54, 1.807) is 0 Å². The van der Waals surface area contributed by atoms with Gasteiger partial charge in [0.25, 0.3) is 0 Å². The molecule has 31 heavy (non-hydrogen) atoms. The van der Waals surface area contributed by atoms with E-state index in [0.717, 1.165) is 6.42 Å². The van der Waals surface area contributed by atoms with Crippen LogP contribution < -0.4 is 0 Å². The van der Waals surface area contributed by atoms with Gasteiger partial charge in [-0.2, -0.15) is 0 Å². The largest absolute Gasteiger partial charge is 0.0764 e. The fraction of sp³-hybridized carbons (Fsp3) is 0.290. The zero-order chi connectivity index (χ0) is 23.5. The molecule has 0 aromatic carbocycles. The van der Waals surface area contributed by atoms with Gasteiger partial charge in [0.1, 0.15) is 0 Å². The Kier molecular flexibility index (Phi) is 16.3. The highest BCUT2D eigenvalue weighted by molar-refractivity contribution is 5.32. The average molecular weight is 415 g/mol. The maximum Gasteiger partial charge on any atom is -0.0349 e. The summed E-state index contributed by atoms with van der Waals surface area (Å²) in [7, 11) is 0. The second kappa shape index (κ2) is 18.0. The molecule has 0 heteroatoms. The van der Waals surface area contributed by atoms with Crippen LogP contribution in [0.3, 0.4) is 0 Å². The van der Waals surface area contributed by atoms with Crippen LogP contribution in [0.1, 0.15) is 61.8 Å². The first-order chi connectivity index (χ1) is 14.7. The van der Waals surface area contributed by atoms with Crippen LogP contribution in [0.15, 0.2) is 131 Å². The minimum absolute atomic E-state index is 1.10. The summed E-state index contributed by atoms with van der Waals surface area (Å²) >= 11 is 0. The van der Waals surface area contributed by atoms with Crippen LogP contribution in [-0.4, -0.2) is 0 Å². The number of hydrogen-bond donors (Lipinski definition) is 0. The van der Waals surface area contributed by atoms with Crippen LogP contribution in [0.2, 0.25) is 0 Å². The summed E-state index contributed by atoms with van der Waals surface area (Å²) in [4.78, 5) is 0. The molecule has 0 aliphatic rings. The lowest BCUT2D eigenvalue weighted by Crippen LogP contribution is -1.70. The molecule has 0 bridgehead atoms. The summed E-state index contributed by atoms with van der Waals surface area (Å²) < 4.78 is 0. The highest BCUT2D eigenvalue weighted by Gasteiger charge is 1.83. The van der Waals surface area contributed by atoms with Gasteiger partial charge in [-0.3, -0.25) is 0 Å². The first kappa shape index (κ1) is 28.1. The first-order valence-corrected chi connectivity index (χ1v) is 11.1. The molecule has 0 nitrogen and oxygen atoms in total. The molecule has 0 heterocycles. The lowest BCUT2D eigenvalue weighted by molar-refractivity contribution is 1.10. The lowest BCUT2D eigenvalue weighted by atomic mass is 10.2. The normalized spacial score (nSPS) is 15.5. The van der Waals surface area contributed by atoms with Gasteiger partial charge in [-0.15, -0.1) is 0 Å². The Balaban J connectivity index is 4.69. The van der Waals surface area contributed by atoms with Crippen LogP contribution >= 0.6 is 0 Å². The molecule has 0 saturated carbocycles. The van der Waals surface area contributed by atoms with Gasteiger partial charge in [0, 0.05) is 0 Å². The molecule has 0 spiro atoms. The molecule has 0 atom stereocenters. The van der Waals surface area contributed by atoms with Gasteiger partial charge < -0.3 is 0 Å². The Hall–Kier alpha value is -2.86. The van der Waals surface area contributed by atoms with Gasteiger partial charge in [-0.25, -0.2) is 0 Å². The molecule has 0 amide bonds. The summed E-state index contributed by atoms with van der Waals surface area (Å²) in [6, 6.07) is 0. The van der Waals surface area contributed by atoms with Crippen molar-refractivity contribution in [2.24, 2.45) is 0 Å². The van der Waals surface area contributed by atoms with Crippen molar-refractivity contribution in [3.63, 3.8) is 0 Å². The van der Waals surface area contributed by atoms with Gasteiger partial charge in [0.15, 0.2) is 0 Å². The monoisotopic (exact) mass is 414 g/mol. The van der Waals surface area contributed by atoms with Gasteiger partial charge >= 0.3 is 0 Å². The van der Waals surface area contributed by atoms with Gasteiger partial charge in [0.2, 0.25) is 0 Å². The van der Waals surface area contributed by atoms with Crippen molar-refractivity contribution in [2.45, 2.75) is 61.8 Å². The second-order valence-corrected chi connectivity index (χ2v) is 8.07. The Bertz CT molecular complexity index is 859. The third kappa shape index (κ3) is 18.9. The zero-order valence-corrected chi connectivity index (χ0v) is 20.9. The van der Waals surface area contributed by atoms with E-state index in [1.165, 1.54) is 33.4 Å². The molecule has 0 saturated heterocycles. The summed E-state index contributed by atoms with van der Waals surface area (Å²) in [5.41, 5.74) is 7.60. The molecule has 0 aliphatic carbocycles. The van der Waals surface area contributed by atoms with Crippen LogP contribution in [0, 0.1) is 0 Å². The van der Waals surface area contributed by atoms with Crippen molar-refractivity contribution in [3.8, 4) is 0 Å². The molecule has 0 aliphatic heterocycles. The molecule has 166 valence electrons. The summed E-state index contributed by atoms with van der Waals surface area (Å²) in [5.74, 6) is 0. The smallest absolute Gasteiger partial charge is 0.0349 e. The standard InChI is InChI=1S/C31H42/c1-9-27(4)19-13-21-31(8)25-15-23-29(6)18-11-10-17-28(5)22-14-24-30(7)20-12-16-26(2)3/h10-25H,9H2,1-8H3/b11-10+,20-12+,21-13+,22-14+,23-15+,27-19+,28-17+,29-18+,30-24+,31-25+. The number of hydrogen-bond acceptors (Lipinski definition) is 0. The van der Waals surface area contributed by atoms with E-state index in [4.69, 9.17) is 0 Å². The third-order valence-corrected chi connectivity index (χ3v) is 4.35. The first-order valence-electron chi connectivity index (χ1n) is 11.1. The fourth-order valence-corrected chi connectivity index (χ4v) is 2.21. The fourth-order valence-electron chi connectivity index (χ4n) is 2.21. The van der Waals surface area contributed by atoms with Gasteiger partial charge in [-0.05, 0) is 54.9 Å². The Morgan fingerprint density at radius 1 is 0.419 bits per heavy atom. The van der Waals surface area contributed by atoms with Crippen LogP contribution in [0.5, 0.6) is 0 Å². The van der Waals surface area contributed by atoms with E-state index >= 15 is 0 Å². The van der Waals surface area contributed by atoms with Crippen molar-refractivity contribution in [2.75, 3.05) is 0 Å². The molecule has 0 radical (unpaired) electrons. The van der Waals surface area contributed by atoms with Crippen molar-refractivity contribution >= 4 is 0 Å². The maximum atomic E-state index is 2.17. The zero-order valence-electron chi connectivity index (χ0n) is 20.9. The molecule has 0 N–H and O–H groups in total. The van der Waals surface area contributed by atoms with Crippen LogP contribution in [-0.2, 0) is 0 Å². The molecule has 0 fully saturated rings. The van der Waals surface area contributed by atoms with Crippen molar-refractivity contribution in [3.05, 3.63) is 131 Å². The lowest BCUT2D eigenvalue weighted by Gasteiger charge is -1.91. The maximum absolute atomic E-state index is 2.17. The summed E-state index contributed by atoms with van der Waals surface area (Å²) in [6.07, 6.45) is 34.9. The predicted octanol–water partition coefficient (Wildman–Crippen LogP) is 9.88. The number of rotatable bonds is 11. The Morgan fingerprint density at radius 2 is 0.742 bits per heavy atom.